The number of amides is 1. The standard InChI is InChI=1S/C18H19NO4/c1-12-10-15(8-9-16(12)17(20)21)13(2)19-18(22)23-11-14-6-4-3-5-7-14/h3-10,13H,11H2,1-2H3,(H,19,22)(H,20,21)/t13-/m0/s1. The molecule has 2 N–H and O–H groups in total. The first-order valence-corrected chi connectivity index (χ1v) is 7.28. The zero-order valence-corrected chi connectivity index (χ0v) is 13.1. The second-order valence-electron chi connectivity index (χ2n) is 5.31. The van der Waals surface area contributed by atoms with Crippen LogP contribution in [-0.2, 0) is 11.3 Å². The molecule has 0 saturated carbocycles. The van der Waals surface area contributed by atoms with Gasteiger partial charge in [-0.05, 0) is 36.6 Å². The third-order valence-corrected chi connectivity index (χ3v) is 3.53. The number of hydrogen-bond acceptors (Lipinski definition) is 3. The highest BCUT2D eigenvalue weighted by atomic mass is 16.5. The fourth-order valence-electron chi connectivity index (χ4n) is 2.22. The van der Waals surface area contributed by atoms with Crippen LogP contribution in [0.25, 0.3) is 0 Å². The van der Waals surface area contributed by atoms with E-state index in [-0.39, 0.29) is 18.2 Å². The highest BCUT2D eigenvalue weighted by Crippen LogP contribution is 2.17. The summed E-state index contributed by atoms with van der Waals surface area (Å²) in [5.74, 6) is -0.961. The van der Waals surface area contributed by atoms with Gasteiger partial charge in [-0.15, -0.1) is 0 Å². The van der Waals surface area contributed by atoms with Crippen LogP contribution in [0.1, 0.15) is 40.0 Å². The van der Waals surface area contributed by atoms with Gasteiger partial charge in [0.1, 0.15) is 6.61 Å². The number of ether oxygens (including phenoxy) is 1. The molecule has 1 amide bonds. The van der Waals surface area contributed by atoms with Gasteiger partial charge in [0.05, 0.1) is 11.6 Å². The van der Waals surface area contributed by atoms with E-state index in [9.17, 15) is 9.59 Å². The van der Waals surface area contributed by atoms with E-state index in [0.29, 0.717) is 5.56 Å². The van der Waals surface area contributed by atoms with Crippen LogP contribution in [0.4, 0.5) is 4.79 Å². The van der Waals surface area contributed by atoms with E-state index in [4.69, 9.17) is 9.84 Å². The Balaban J connectivity index is 1.93. The van der Waals surface area contributed by atoms with Crippen molar-refractivity contribution in [1.82, 2.24) is 5.32 Å². The van der Waals surface area contributed by atoms with E-state index in [2.05, 4.69) is 5.32 Å². The van der Waals surface area contributed by atoms with Crippen molar-refractivity contribution in [3.05, 3.63) is 70.8 Å². The Labute approximate surface area is 134 Å². The summed E-state index contributed by atoms with van der Waals surface area (Å²) in [4.78, 5) is 22.8. The quantitative estimate of drug-likeness (QED) is 0.883. The molecule has 0 spiro atoms. The molecular weight excluding hydrogens is 294 g/mol. The van der Waals surface area contributed by atoms with E-state index >= 15 is 0 Å². The number of carboxylic acids is 1. The molecule has 0 bridgehead atoms. The van der Waals surface area contributed by atoms with E-state index < -0.39 is 12.1 Å². The van der Waals surface area contributed by atoms with Gasteiger partial charge in [0.2, 0.25) is 0 Å². The molecule has 2 aromatic rings. The van der Waals surface area contributed by atoms with Crippen molar-refractivity contribution in [3.8, 4) is 0 Å². The van der Waals surface area contributed by atoms with Crippen molar-refractivity contribution < 1.29 is 19.4 Å². The molecule has 1 atom stereocenters. The molecule has 2 aromatic carbocycles. The molecule has 0 radical (unpaired) electrons. The summed E-state index contributed by atoms with van der Waals surface area (Å²) < 4.78 is 5.17. The van der Waals surface area contributed by atoms with Gasteiger partial charge in [0.25, 0.3) is 0 Å². The molecule has 5 heteroatoms. The van der Waals surface area contributed by atoms with Crippen LogP contribution in [0.2, 0.25) is 0 Å². The number of aromatic carboxylic acids is 1. The van der Waals surface area contributed by atoms with Gasteiger partial charge in [0.15, 0.2) is 0 Å². The number of hydrogen-bond donors (Lipinski definition) is 2. The number of carboxylic acid groups (broad SMARTS) is 1. The van der Waals surface area contributed by atoms with Crippen molar-refractivity contribution in [2.24, 2.45) is 0 Å². The van der Waals surface area contributed by atoms with Crippen LogP contribution >= 0.6 is 0 Å². The van der Waals surface area contributed by atoms with Crippen molar-refractivity contribution in [2.75, 3.05) is 0 Å². The molecule has 0 heterocycles. The first-order chi connectivity index (χ1) is 11.0. The first kappa shape index (κ1) is 16.5. The number of nitrogens with one attached hydrogen (secondary N) is 1. The van der Waals surface area contributed by atoms with Crippen molar-refractivity contribution >= 4 is 12.1 Å². The molecule has 0 aromatic heterocycles. The molecule has 0 unspecified atom stereocenters. The Morgan fingerprint density at radius 3 is 2.48 bits per heavy atom. The smallest absolute Gasteiger partial charge is 0.407 e. The predicted octanol–water partition coefficient (Wildman–Crippen LogP) is 3.68. The Morgan fingerprint density at radius 2 is 1.87 bits per heavy atom. The number of benzene rings is 2. The lowest BCUT2D eigenvalue weighted by molar-refractivity contribution is 0.0696. The molecular formula is C18H19NO4. The molecule has 2 rings (SSSR count). The van der Waals surface area contributed by atoms with Gasteiger partial charge in [-0.3, -0.25) is 0 Å². The Hall–Kier alpha value is -2.82. The van der Waals surface area contributed by atoms with Gasteiger partial charge in [-0.25, -0.2) is 9.59 Å². The second kappa shape index (κ2) is 7.45. The highest BCUT2D eigenvalue weighted by Gasteiger charge is 2.13. The van der Waals surface area contributed by atoms with E-state index in [1.54, 1.807) is 25.1 Å². The molecule has 0 aliphatic carbocycles. The fourth-order valence-corrected chi connectivity index (χ4v) is 2.22. The Bertz CT molecular complexity index is 697. The lowest BCUT2D eigenvalue weighted by Crippen LogP contribution is -2.27. The molecule has 5 nitrogen and oxygen atoms in total. The van der Waals surface area contributed by atoms with Crippen molar-refractivity contribution in [1.29, 1.82) is 0 Å². The largest absolute Gasteiger partial charge is 0.478 e. The van der Waals surface area contributed by atoms with Crippen LogP contribution in [0.15, 0.2) is 48.5 Å². The van der Waals surface area contributed by atoms with Crippen molar-refractivity contribution in [2.45, 2.75) is 26.5 Å². The number of alkyl carbamates (subject to hydrolysis) is 1. The number of rotatable bonds is 5. The Kier molecular flexibility index (Phi) is 5.36. The molecule has 0 fully saturated rings. The summed E-state index contributed by atoms with van der Waals surface area (Å²) >= 11 is 0. The third-order valence-electron chi connectivity index (χ3n) is 3.53. The van der Waals surface area contributed by atoms with Gasteiger partial charge in [-0.1, -0.05) is 42.5 Å². The average Bonchev–Trinajstić information content (AvgIpc) is 2.53. The minimum Gasteiger partial charge on any atom is -0.478 e. The van der Waals surface area contributed by atoms with Gasteiger partial charge in [-0.2, -0.15) is 0 Å². The van der Waals surface area contributed by atoms with Crippen molar-refractivity contribution in [3.63, 3.8) is 0 Å². The van der Waals surface area contributed by atoms with E-state index in [1.165, 1.54) is 0 Å². The normalized spacial score (nSPS) is 11.6. The molecule has 23 heavy (non-hydrogen) atoms. The summed E-state index contributed by atoms with van der Waals surface area (Å²) in [5, 5.41) is 11.8. The van der Waals surface area contributed by atoms with E-state index in [0.717, 1.165) is 11.1 Å². The predicted molar refractivity (Wildman–Crippen MR) is 86.3 cm³/mol. The molecule has 0 aliphatic heterocycles. The van der Waals surface area contributed by atoms with Crippen LogP contribution < -0.4 is 5.32 Å². The Morgan fingerprint density at radius 1 is 1.17 bits per heavy atom. The van der Waals surface area contributed by atoms with Gasteiger partial charge < -0.3 is 15.2 Å². The minimum atomic E-state index is -0.961. The molecule has 120 valence electrons. The monoisotopic (exact) mass is 313 g/mol. The maximum Gasteiger partial charge on any atom is 0.407 e. The first-order valence-electron chi connectivity index (χ1n) is 7.28. The average molecular weight is 313 g/mol. The lowest BCUT2D eigenvalue weighted by atomic mass is 10.0. The van der Waals surface area contributed by atoms with Crippen LogP contribution in [0, 0.1) is 6.92 Å². The fraction of sp³-hybridized carbons (Fsp3) is 0.222. The molecule has 0 saturated heterocycles. The summed E-state index contributed by atoms with van der Waals surface area (Å²) in [6.07, 6.45) is -0.513. The summed E-state index contributed by atoms with van der Waals surface area (Å²) in [6, 6.07) is 14.1. The highest BCUT2D eigenvalue weighted by molar-refractivity contribution is 5.89. The van der Waals surface area contributed by atoms with E-state index in [1.807, 2.05) is 37.3 Å². The van der Waals surface area contributed by atoms with Crippen LogP contribution in [-0.4, -0.2) is 17.2 Å². The van der Waals surface area contributed by atoms with Crippen LogP contribution in [0.3, 0.4) is 0 Å². The maximum atomic E-state index is 11.8. The summed E-state index contributed by atoms with van der Waals surface area (Å²) in [5.41, 5.74) is 2.65. The maximum absolute atomic E-state index is 11.8. The van der Waals surface area contributed by atoms with Gasteiger partial charge in [0, 0.05) is 0 Å². The zero-order valence-electron chi connectivity index (χ0n) is 13.1. The van der Waals surface area contributed by atoms with Gasteiger partial charge >= 0.3 is 12.1 Å². The topological polar surface area (TPSA) is 75.6 Å². The minimum absolute atomic E-state index is 0.205. The molecule has 0 aliphatic rings. The number of carbonyl (C=O) groups is 2. The number of aryl methyl sites for hydroxylation is 1. The lowest BCUT2D eigenvalue weighted by Gasteiger charge is -2.15. The SMILES string of the molecule is Cc1cc([C@H](C)NC(=O)OCc2ccccc2)ccc1C(=O)O. The summed E-state index contributed by atoms with van der Waals surface area (Å²) in [7, 11) is 0. The number of carbonyl (C=O) groups excluding carboxylic acids is 1. The second-order valence-corrected chi connectivity index (χ2v) is 5.31. The van der Waals surface area contributed by atoms with Crippen LogP contribution in [0.5, 0.6) is 0 Å². The zero-order chi connectivity index (χ0) is 16.8. The summed E-state index contributed by atoms with van der Waals surface area (Å²) in [6.45, 7) is 3.75. The third kappa shape index (κ3) is 4.57.